The molecule has 158 valence electrons. The fraction of sp³-hybridized carbons (Fsp3) is 0.435. The van der Waals surface area contributed by atoms with Crippen LogP contribution in [0.25, 0.3) is 0 Å². The molecule has 2 N–H and O–H groups in total. The second-order valence-corrected chi connectivity index (χ2v) is 8.91. The second-order valence-electron chi connectivity index (χ2n) is 8.47. The molecule has 5 rings (SSSR count). The van der Waals surface area contributed by atoms with Crippen molar-refractivity contribution in [2.45, 2.75) is 43.9 Å². The summed E-state index contributed by atoms with van der Waals surface area (Å²) in [6.45, 7) is 0. The third-order valence-corrected chi connectivity index (χ3v) is 7.08. The first-order valence-electron chi connectivity index (χ1n) is 10.3. The Morgan fingerprint density at radius 2 is 1.83 bits per heavy atom. The van der Waals surface area contributed by atoms with Crippen molar-refractivity contribution in [3.05, 3.63) is 58.6 Å². The first-order chi connectivity index (χ1) is 14.4. The number of rotatable bonds is 3. The summed E-state index contributed by atoms with van der Waals surface area (Å²) in [7, 11) is 3.60. The van der Waals surface area contributed by atoms with E-state index >= 15 is 0 Å². The van der Waals surface area contributed by atoms with Crippen LogP contribution < -0.4 is 10.5 Å². The average molecular weight is 428 g/mol. The molecular formula is C23H26ClN3O3. The molecule has 0 aromatic heterocycles. The van der Waals surface area contributed by atoms with Gasteiger partial charge in [0.05, 0.1) is 6.10 Å². The molecule has 1 unspecified atom stereocenters. The Kier molecular flexibility index (Phi) is 4.69. The molecule has 1 saturated carbocycles. The standard InChI is InChI=1S/C23H26ClN3O3/c1-27-21(25)26-23(30-27)20-13-19(29-18-7-4-16(24)5-8-18)6-3-15(20)14-22(23)11-9-17(28-2)10-12-22/h3-8,13,17H,9-12,14H2,1-2H3,(H2,25,26). The van der Waals surface area contributed by atoms with E-state index in [4.69, 9.17) is 36.6 Å². The Labute approximate surface area is 181 Å². The molecule has 0 bridgehead atoms. The van der Waals surface area contributed by atoms with Crippen molar-refractivity contribution < 1.29 is 14.3 Å². The number of nitrogens with two attached hydrogens (primary N) is 1. The van der Waals surface area contributed by atoms with Crippen molar-refractivity contribution in [1.82, 2.24) is 5.06 Å². The number of ether oxygens (including phenoxy) is 2. The van der Waals surface area contributed by atoms with Crippen molar-refractivity contribution in [2.24, 2.45) is 16.1 Å². The Balaban J connectivity index is 1.54. The van der Waals surface area contributed by atoms with Crippen LogP contribution in [0.2, 0.25) is 5.02 Å². The molecule has 1 atom stereocenters. The summed E-state index contributed by atoms with van der Waals surface area (Å²) >= 11 is 5.99. The SMILES string of the molecule is COC1CCC2(CC1)Cc1ccc(Oc3ccc(Cl)cc3)cc1C21N=C(N)N(C)O1. The fourth-order valence-corrected chi connectivity index (χ4v) is 5.34. The zero-order valence-electron chi connectivity index (χ0n) is 17.2. The minimum Gasteiger partial charge on any atom is -0.457 e. The van der Waals surface area contributed by atoms with Crippen LogP contribution in [-0.2, 0) is 21.7 Å². The first kappa shape index (κ1) is 19.7. The molecule has 2 aromatic rings. The molecule has 7 heteroatoms. The average Bonchev–Trinajstić information content (AvgIpc) is 3.19. The third kappa shape index (κ3) is 2.97. The zero-order valence-corrected chi connectivity index (χ0v) is 18.0. The number of benzene rings is 2. The molecule has 30 heavy (non-hydrogen) atoms. The van der Waals surface area contributed by atoms with Gasteiger partial charge in [0.2, 0.25) is 11.7 Å². The van der Waals surface area contributed by atoms with Gasteiger partial charge in [-0.1, -0.05) is 17.7 Å². The smallest absolute Gasteiger partial charge is 0.220 e. The number of guanidine groups is 1. The molecule has 2 aliphatic carbocycles. The van der Waals surface area contributed by atoms with Gasteiger partial charge in [0.25, 0.3) is 0 Å². The summed E-state index contributed by atoms with van der Waals surface area (Å²) in [4.78, 5) is 11.3. The van der Waals surface area contributed by atoms with E-state index in [9.17, 15) is 0 Å². The van der Waals surface area contributed by atoms with Gasteiger partial charge in [-0.25, -0.2) is 14.9 Å². The van der Waals surface area contributed by atoms with E-state index in [0.29, 0.717) is 17.1 Å². The maximum Gasteiger partial charge on any atom is 0.220 e. The van der Waals surface area contributed by atoms with Gasteiger partial charge in [-0.3, -0.25) is 0 Å². The van der Waals surface area contributed by atoms with E-state index in [1.165, 1.54) is 5.56 Å². The third-order valence-electron chi connectivity index (χ3n) is 6.83. The summed E-state index contributed by atoms with van der Waals surface area (Å²) in [6.07, 6.45) is 5.12. The molecule has 0 radical (unpaired) electrons. The highest BCUT2D eigenvalue weighted by Crippen LogP contribution is 2.62. The van der Waals surface area contributed by atoms with Crippen LogP contribution in [0, 0.1) is 5.41 Å². The predicted molar refractivity (Wildman–Crippen MR) is 116 cm³/mol. The Morgan fingerprint density at radius 1 is 1.13 bits per heavy atom. The lowest BCUT2D eigenvalue weighted by Gasteiger charge is -2.45. The van der Waals surface area contributed by atoms with Gasteiger partial charge >= 0.3 is 0 Å². The maximum absolute atomic E-state index is 6.42. The highest BCUT2D eigenvalue weighted by Gasteiger charge is 2.63. The topological polar surface area (TPSA) is 69.3 Å². The van der Waals surface area contributed by atoms with E-state index < -0.39 is 5.72 Å². The number of hydrogen-bond donors (Lipinski definition) is 1. The monoisotopic (exact) mass is 427 g/mol. The molecule has 2 spiro atoms. The van der Waals surface area contributed by atoms with E-state index in [0.717, 1.165) is 49.2 Å². The Morgan fingerprint density at radius 3 is 2.47 bits per heavy atom. The van der Waals surface area contributed by atoms with Crippen LogP contribution in [0.4, 0.5) is 0 Å². The van der Waals surface area contributed by atoms with E-state index in [1.54, 1.807) is 12.2 Å². The van der Waals surface area contributed by atoms with Gasteiger partial charge in [0, 0.05) is 30.2 Å². The molecule has 0 amide bonds. The molecule has 3 aliphatic rings. The van der Waals surface area contributed by atoms with Crippen molar-refractivity contribution in [3.63, 3.8) is 0 Å². The number of halogens is 1. The molecule has 0 saturated heterocycles. The van der Waals surface area contributed by atoms with E-state index in [1.807, 2.05) is 37.4 Å². The largest absolute Gasteiger partial charge is 0.457 e. The van der Waals surface area contributed by atoms with Crippen LogP contribution in [0.3, 0.4) is 0 Å². The van der Waals surface area contributed by atoms with Gasteiger partial charge in [-0.15, -0.1) is 0 Å². The van der Waals surface area contributed by atoms with Crippen molar-refractivity contribution in [2.75, 3.05) is 14.2 Å². The number of hydroxylamine groups is 2. The normalized spacial score (nSPS) is 30.0. The predicted octanol–water partition coefficient (Wildman–Crippen LogP) is 4.61. The van der Waals surface area contributed by atoms with Gasteiger partial charge < -0.3 is 15.2 Å². The highest BCUT2D eigenvalue weighted by atomic mass is 35.5. The molecule has 1 aliphatic heterocycles. The number of aliphatic imine (C=N–C) groups is 1. The number of fused-ring (bicyclic) bond motifs is 3. The summed E-state index contributed by atoms with van der Waals surface area (Å²) in [5.74, 6) is 1.87. The lowest BCUT2D eigenvalue weighted by Crippen LogP contribution is -2.46. The Hall–Kier alpha value is -2.28. The first-order valence-corrected chi connectivity index (χ1v) is 10.7. The molecule has 2 aromatic carbocycles. The van der Waals surface area contributed by atoms with Crippen molar-refractivity contribution in [1.29, 1.82) is 0 Å². The van der Waals surface area contributed by atoms with Crippen LogP contribution in [-0.4, -0.2) is 31.3 Å². The quantitative estimate of drug-likeness (QED) is 0.774. The lowest BCUT2D eigenvalue weighted by atomic mass is 9.66. The van der Waals surface area contributed by atoms with Gasteiger partial charge in [-0.05, 0) is 74.1 Å². The van der Waals surface area contributed by atoms with Crippen LogP contribution in [0.5, 0.6) is 11.5 Å². The van der Waals surface area contributed by atoms with Crippen molar-refractivity contribution >= 4 is 17.6 Å². The molecular weight excluding hydrogens is 402 g/mol. The van der Waals surface area contributed by atoms with E-state index in [-0.39, 0.29) is 5.41 Å². The van der Waals surface area contributed by atoms with Crippen molar-refractivity contribution in [3.8, 4) is 11.5 Å². The van der Waals surface area contributed by atoms with Gasteiger partial charge in [0.1, 0.15) is 11.5 Å². The van der Waals surface area contributed by atoms with Crippen LogP contribution >= 0.6 is 11.6 Å². The van der Waals surface area contributed by atoms with Gasteiger partial charge in [0.15, 0.2) is 0 Å². The molecule has 6 nitrogen and oxygen atoms in total. The van der Waals surface area contributed by atoms with Gasteiger partial charge in [-0.2, -0.15) is 0 Å². The minimum atomic E-state index is -0.820. The Bertz CT molecular complexity index is 986. The summed E-state index contributed by atoms with van der Waals surface area (Å²) in [6, 6.07) is 13.5. The number of hydrogen-bond acceptors (Lipinski definition) is 6. The summed E-state index contributed by atoms with van der Waals surface area (Å²) < 4.78 is 11.7. The summed E-state index contributed by atoms with van der Waals surface area (Å²) in [5, 5.41) is 2.27. The lowest BCUT2D eigenvalue weighted by molar-refractivity contribution is -0.232. The molecule has 1 heterocycles. The second kappa shape index (κ2) is 7.15. The van der Waals surface area contributed by atoms with E-state index in [2.05, 4.69) is 12.1 Å². The molecule has 1 fully saturated rings. The van der Waals surface area contributed by atoms with Crippen LogP contribution in [0.1, 0.15) is 36.8 Å². The highest BCUT2D eigenvalue weighted by molar-refractivity contribution is 6.30. The summed E-state index contributed by atoms with van der Waals surface area (Å²) in [5.41, 5.74) is 7.51. The number of nitrogens with zero attached hydrogens (tertiary/aromatic N) is 2. The zero-order chi connectivity index (χ0) is 20.9. The number of methoxy groups -OCH3 is 1. The minimum absolute atomic E-state index is 0.140. The van der Waals surface area contributed by atoms with Crippen LogP contribution in [0.15, 0.2) is 47.5 Å². The maximum atomic E-state index is 6.42. The fourth-order valence-electron chi connectivity index (χ4n) is 5.21.